The lowest BCUT2D eigenvalue weighted by molar-refractivity contribution is 0.980. The van der Waals surface area contributed by atoms with Crippen LogP contribution in [0.1, 0.15) is 25.5 Å². The molecule has 5 nitrogen and oxygen atoms in total. The number of nitrogens with zero attached hydrogens (tertiary/aromatic N) is 3. The molecule has 0 fully saturated rings. The van der Waals surface area contributed by atoms with Crippen molar-refractivity contribution in [2.45, 2.75) is 26.7 Å². The molecule has 1 rings (SSSR count). The molecular weight excluding hydrogens is 178 g/mol. The minimum absolute atomic E-state index is 0.260. The minimum atomic E-state index is 0.260. The van der Waals surface area contributed by atoms with Crippen molar-refractivity contribution in [2.24, 2.45) is 10.7 Å². The molecule has 0 aliphatic rings. The summed E-state index contributed by atoms with van der Waals surface area (Å²) in [6.45, 7) is 3.88. The summed E-state index contributed by atoms with van der Waals surface area (Å²) < 4.78 is 0. The molecule has 4 N–H and O–H groups in total. The fraction of sp³-hybridized carbons (Fsp3) is 0.444. The van der Waals surface area contributed by atoms with Gasteiger partial charge in [-0.3, -0.25) is 0 Å². The number of hydrogen-bond donors (Lipinski definition) is 2. The van der Waals surface area contributed by atoms with E-state index in [1.807, 2.05) is 6.92 Å². The summed E-state index contributed by atoms with van der Waals surface area (Å²) in [5, 5.41) is 0. The predicted molar refractivity (Wildman–Crippen MR) is 57.4 cm³/mol. The first-order valence-electron chi connectivity index (χ1n) is 4.55. The van der Waals surface area contributed by atoms with Crippen molar-refractivity contribution >= 4 is 17.5 Å². The lowest BCUT2D eigenvalue weighted by Crippen LogP contribution is -2.10. The monoisotopic (exact) mass is 193 g/mol. The third kappa shape index (κ3) is 2.69. The van der Waals surface area contributed by atoms with Crippen LogP contribution in [-0.2, 0) is 0 Å². The second-order valence-corrected chi connectivity index (χ2v) is 3.05. The number of aromatic nitrogens is 2. The lowest BCUT2D eigenvalue weighted by Gasteiger charge is -2.01. The summed E-state index contributed by atoms with van der Waals surface area (Å²) >= 11 is 0. The van der Waals surface area contributed by atoms with Gasteiger partial charge >= 0.3 is 0 Å². The zero-order valence-corrected chi connectivity index (χ0v) is 8.49. The van der Waals surface area contributed by atoms with E-state index in [4.69, 9.17) is 11.5 Å². The van der Waals surface area contributed by atoms with Crippen LogP contribution in [0.15, 0.2) is 11.2 Å². The third-order valence-electron chi connectivity index (χ3n) is 1.74. The smallest absolute Gasteiger partial charge is 0.220 e. The highest BCUT2D eigenvalue weighted by Crippen LogP contribution is 2.15. The average Bonchev–Trinajstić information content (AvgIpc) is 2.10. The largest absolute Gasteiger partial charge is 0.387 e. The van der Waals surface area contributed by atoms with Gasteiger partial charge in [-0.15, -0.1) is 0 Å². The highest BCUT2D eigenvalue weighted by Gasteiger charge is 2.00. The maximum Gasteiger partial charge on any atom is 0.220 e. The Balaban J connectivity index is 2.91. The Hall–Kier alpha value is -1.65. The first kappa shape index (κ1) is 10.4. The van der Waals surface area contributed by atoms with E-state index >= 15 is 0 Å². The standard InChI is InChI=1S/C9H15N5/c1-3-4-8(10)14-7-5-12-9(11)13-6(7)2/h5H,3-4H2,1-2H3,(H2,10,14)(H2,11,12,13). The zero-order chi connectivity index (χ0) is 10.6. The Labute approximate surface area is 83.3 Å². The van der Waals surface area contributed by atoms with E-state index in [1.165, 1.54) is 0 Å². The Morgan fingerprint density at radius 3 is 2.86 bits per heavy atom. The normalized spacial score (nSPS) is 11.7. The van der Waals surface area contributed by atoms with E-state index in [0.29, 0.717) is 11.5 Å². The molecule has 0 atom stereocenters. The van der Waals surface area contributed by atoms with Crippen LogP contribution in [0.4, 0.5) is 11.6 Å². The van der Waals surface area contributed by atoms with Crippen LogP contribution in [0.25, 0.3) is 0 Å². The predicted octanol–water partition coefficient (Wildman–Crippen LogP) is 1.16. The van der Waals surface area contributed by atoms with Gasteiger partial charge in [0.1, 0.15) is 5.69 Å². The topological polar surface area (TPSA) is 90.2 Å². The van der Waals surface area contributed by atoms with Gasteiger partial charge in [0.15, 0.2) is 0 Å². The summed E-state index contributed by atoms with van der Waals surface area (Å²) in [6, 6.07) is 0. The molecule has 0 aliphatic heterocycles. The van der Waals surface area contributed by atoms with Crippen LogP contribution < -0.4 is 11.5 Å². The first-order chi connectivity index (χ1) is 6.63. The van der Waals surface area contributed by atoms with E-state index in [0.717, 1.165) is 18.5 Å². The summed E-state index contributed by atoms with van der Waals surface area (Å²) in [4.78, 5) is 12.1. The maximum absolute atomic E-state index is 5.69. The molecule has 1 aromatic rings. The highest BCUT2D eigenvalue weighted by molar-refractivity contribution is 5.83. The lowest BCUT2D eigenvalue weighted by atomic mass is 10.3. The van der Waals surface area contributed by atoms with Gasteiger partial charge < -0.3 is 11.5 Å². The van der Waals surface area contributed by atoms with E-state index in [9.17, 15) is 0 Å². The molecule has 0 amide bonds. The SMILES string of the molecule is CCC/C(N)=N\c1cnc(N)nc1C. The van der Waals surface area contributed by atoms with Gasteiger partial charge in [0, 0.05) is 6.42 Å². The first-order valence-corrected chi connectivity index (χ1v) is 4.55. The maximum atomic E-state index is 5.69. The van der Waals surface area contributed by atoms with Crippen molar-refractivity contribution in [1.29, 1.82) is 0 Å². The molecule has 14 heavy (non-hydrogen) atoms. The van der Waals surface area contributed by atoms with Gasteiger partial charge in [0.2, 0.25) is 5.95 Å². The molecule has 0 bridgehead atoms. The second-order valence-electron chi connectivity index (χ2n) is 3.05. The van der Waals surface area contributed by atoms with Crippen LogP contribution in [0, 0.1) is 6.92 Å². The number of amidine groups is 1. The van der Waals surface area contributed by atoms with Crippen molar-refractivity contribution in [1.82, 2.24) is 9.97 Å². The minimum Gasteiger partial charge on any atom is -0.387 e. The van der Waals surface area contributed by atoms with Gasteiger partial charge in [-0.1, -0.05) is 6.92 Å². The molecule has 1 heterocycles. The number of rotatable bonds is 3. The van der Waals surface area contributed by atoms with Gasteiger partial charge in [-0.25, -0.2) is 15.0 Å². The van der Waals surface area contributed by atoms with Gasteiger partial charge in [0.25, 0.3) is 0 Å². The van der Waals surface area contributed by atoms with Crippen LogP contribution >= 0.6 is 0 Å². The zero-order valence-electron chi connectivity index (χ0n) is 8.49. The van der Waals surface area contributed by atoms with E-state index in [-0.39, 0.29) is 5.95 Å². The van der Waals surface area contributed by atoms with Crippen LogP contribution in [0.5, 0.6) is 0 Å². The van der Waals surface area contributed by atoms with Gasteiger partial charge in [-0.2, -0.15) is 0 Å². The molecule has 0 radical (unpaired) electrons. The fourth-order valence-corrected chi connectivity index (χ4v) is 1.06. The Kier molecular flexibility index (Phi) is 3.39. The fourth-order valence-electron chi connectivity index (χ4n) is 1.06. The molecule has 0 spiro atoms. The number of nitrogens with two attached hydrogens (primary N) is 2. The molecule has 76 valence electrons. The van der Waals surface area contributed by atoms with Crippen molar-refractivity contribution in [3.63, 3.8) is 0 Å². The summed E-state index contributed by atoms with van der Waals surface area (Å²) in [7, 11) is 0. The van der Waals surface area contributed by atoms with Gasteiger partial charge in [-0.05, 0) is 13.3 Å². The van der Waals surface area contributed by atoms with Crippen LogP contribution in [0.3, 0.4) is 0 Å². The molecule has 0 unspecified atom stereocenters. The van der Waals surface area contributed by atoms with Crippen molar-refractivity contribution < 1.29 is 0 Å². The average molecular weight is 193 g/mol. The molecule has 0 aliphatic carbocycles. The van der Waals surface area contributed by atoms with E-state index < -0.39 is 0 Å². The van der Waals surface area contributed by atoms with E-state index in [2.05, 4.69) is 21.9 Å². The van der Waals surface area contributed by atoms with Crippen LogP contribution in [-0.4, -0.2) is 15.8 Å². The quantitative estimate of drug-likeness (QED) is 0.556. The second kappa shape index (κ2) is 4.55. The van der Waals surface area contributed by atoms with Crippen molar-refractivity contribution in [2.75, 3.05) is 5.73 Å². The number of hydrogen-bond acceptors (Lipinski definition) is 4. The summed E-state index contributed by atoms with van der Waals surface area (Å²) in [5.41, 5.74) is 12.5. The summed E-state index contributed by atoms with van der Waals surface area (Å²) in [5.74, 6) is 0.861. The van der Waals surface area contributed by atoms with Gasteiger partial charge in [0.05, 0.1) is 17.7 Å². The van der Waals surface area contributed by atoms with Crippen molar-refractivity contribution in [3.8, 4) is 0 Å². The molecular formula is C9H15N5. The Morgan fingerprint density at radius 1 is 1.57 bits per heavy atom. The number of aliphatic imine (C=N–C) groups is 1. The van der Waals surface area contributed by atoms with Crippen LogP contribution in [0.2, 0.25) is 0 Å². The number of anilines is 1. The molecule has 1 aromatic heterocycles. The highest BCUT2D eigenvalue weighted by atomic mass is 15.0. The summed E-state index contributed by atoms with van der Waals surface area (Å²) in [6.07, 6.45) is 3.34. The number of aryl methyl sites for hydroxylation is 1. The van der Waals surface area contributed by atoms with Crippen molar-refractivity contribution in [3.05, 3.63) is 11.9 Å². The number of nitrogen functional groups attached to an aromatic ring is 1. The molecule has 0 saturated heterocycles. The van der Waals surface area contributed by atoms with E-state index in [1.54, 1.807) is 6.20 Å². The Bertz CT molecular complexity index is 345. The molecule has 0 saturated carbocycles. The molecule has 5 heteroatoms. The Morgan fingerprint density at radius 2 is 2.29 bits per heavy atom. The molecule has 0 aromatic carbocycles. The third-order valence-corrected chi connectivity index (χ3v) is 1.74.